The minimum atomic E-state index is -0.0339. The molecule has 2 fully saturated rings. The van der Waals surface area contributed by atoms with Gasteiger partial charge in [0.25, 0.3) is 11.8 Å². The van der Waals surface area contributed by atoms with Crippen LogP contribution < -0.4 is 5.32 Å². The molecule has 182 valence electrons. The Morgan fingerprint density at radius 3 is 2.31 bits per heavy atom. The van der Waals surface area contributed by atoms with Crippen LogP contribution in [0.25, 0.3) is 0 Å². The first-order chi connectivity index (χ1) is 17.0. The second kappa shape index (κ2) is 10.3. The summed E-state index contributed by atoms with van der Waals surface area (Å²) in [6, 6.07) is 13.9. The molecule has 0 radical (unpaired) electrons. The van der Waals surface area contributed by atoms with Crippen molar-refractivity contribution in [3.8, 4) is 0 Å². The number of hydrogen-bond donors (Lipinski definition) is 1. The molecular weight excluding hydrogens is 458 g/mol. The number of fused-ring (bicyclic) bond motifs is 1. The zero-order valence-electron chi connectivity index (χ0n) is 20.2. The Morgan fingerprint density at radius 1 is 1.00 bits per heavy atom. The number of nitrogens with zero attached hydrogens (tertiary/aromatic N) is 4. The number of likely N-dealkylation sites (tertiary alicyclic amines) is 2. The maximum Gasteiger partial charge on any atom is 0.261 e. The van der Waals surface area contributed by atoms with Gasteiger partial charge in [-0.15, -0.1) is 11.3 Å². The lowest BCUT2D eigenvalue weighted by Gasteiger charge is -2.25. The van der Waals surface area contributed by atoms with Gasteiger partial charge in [0.05, 0.1) is 27.9 Å². The number of rotatable bonds is 7. The molecule has 8 heteroatoms. The Morgan fingerprint density at radius 2 is 1.69 bits per heavy atom. The van der Waals surface area contributed by atoms with Crippen LogP contribution in [0.4, 0.5) is 0 Å². The van der Waals surface area contributed by atoms with Crippen LogP contribution in [0.15, 0.2) is 54.2 Å². The molecule has 2 amide bonds. The lowest BCUT2D eigenvalue weighted by Crippen LogP contribution is -2.35. The maximum absolute atomic E-state index is 13.2. The van der Waals surface area contributed by atoms with Gasteiger partial charge in [-0.1, -0.05) is 36.4 Å². The summed E-state index contributed by atoms with van der Waals surface area (Å²) in [6.07, 6.45) is 2.37. The molecule has 0 spiro atoms. The highest BCUT2D eigenvalue weighted by Crippen LogP contribution is 2.33. The average molecular weight is 490 g/mol. The number of carbonyl (C=O) groups excluding carboxylic acids is 2. The minimum absolute atomic E-state index is 0.0169. The summed E-state index contributed by atoms with van der Waals surface area (Å²) in [5, 5.41) is 5.17. The van der Waals surface area contributed by atoms with Crippen LogP contribution in [0.5, 0.6) is 0 Å². The molecule has 2 unspecified atom stereocenters. The first-order valence-electron chi connectivity index (χ1n) is 12.2. The van der Waals surface area contributed by atoms with E-state index in [0.29, 0.717) is 17.4 Å². The second-order valence-corrected chi connectivity index (χ2v) is 10.6. The van der Waals surface area contributed by atoms with E-state index in [1.54, 1.807) is 0 Å². The summed E-state index contributed by atoms with van der Waals surface area (Å²) in [6.45, 7) is 8.20. The van der Waals surface area contributed by atoms with Crippen molar-refractivity contribution < 1.29 is 9.59 Å². The van der Waals surface area contributed by atoms with Gasteiger partial charge >= 0.3 is 0 Å². The van der Waals surface area contributed by atoms with Crippen molar-refractivity contribution in [3.63, 3.8) is 0 Å². The largest absolute Gasteiger partial charge is 0.344 e. The molecule has 0 aliphatic carbocycles. The first kappa shape index (κ1) is 23.6. The molecule has 0 bridgehead atoms. The van der Waals surface area contributed by atoms with Crippen molar-refractivity contribution in [2.45, 2.75) is 26.3 Å². The van der Waals surface area contributed by atoms with E-state index in [9.17, 15) is 9.59 Å². The Hall–Kier alpha value is -3.10. The molecule has 3 atom stereocenters. The van der Waals surface area contributed by atoms with Gasteiger partial charge in [-0.2, -0.15) is 0 Å². The van der Waals surface area contributed by atoms with Gasteiger partial charge in [-0.3, -0.25) is 9.59 Å². The molecule has 5 rings (SSSR count). The third-order valence-electron chi connectivity index (χ3n) is 7.28. The molecule has 1 aromatic carbocycles. The summed E-state index contributed by atoms with van der Waals surface area (Å²) in [5.41, 5.74) is 3.27. The summed E-state index contributed by atoms with van der Waals surface area (Å²) in [7, 11) is 0. The Balaban J connectivity index is 1.18. The van der Waals surface area contributed by atoms with Crippen LogP contribution in [0.1, 0.15) is 49.4 Å². The van der Waals surface area contributed by atoms with Crippen LogP contribution in [-0.4, -0.2) is 64.3 Å². The number of amides is 2. The first-order valence-corrected chi connectivity index (χ1v) is 13.1. The Bertz CT molecular complexity index is 1150. The predicted octanol–water partition coefficient (Wildman–Crippen LogP) is 3.72. The summed E-state index contributed by atoms with van der Waals surface area (Å²) in [4.78, 5) is 39.6. The SMILES string of the molecule is Cc1ncnc(C)c1C(=O)N1CC2CN(CC[C@H](NC(=O)c3cccs3)c3ccccc3)CC2C1. The van der Waals surface area contributed by atoms with Gasteiger partial charge in [0.1, 0.15) is 6.33 Å². The normalized spacial score (nSPS) is 20.6. The second-order valence-electron chi connectivity index (χ2n) is 9.61. The zero-order chi connectivity index (χ0) is 24.4. The van der Waals surface area contributed by atoms with Gasteiger partial charge in [0.2, 0.25) is 0 Å². The molecule has 2 aliphatic heterocycles. The Labute approximate surface area is 210 Å². The fraction of sp³-hybridized carbons (Fsp3) is 0.407. The highest BCUT2D eigenvalue weighted by molar-refractivity contribution is 7.12. The molecular formula is C27H31N5O2S. The molecule has 2 aromatic heterocycles. The van der Waals surface area contributed by atoms with Crippen molar-refractivity contribution in [2.75, 3.05) is 32.7 Å². The molecule has 2 aliphatic rings. The molecule has 1 N–H and O–H groups in total. The van der Waals surface area contributed by atoms with Crippen molar-refractivity contribution >= 4 is 23.2 Å². The number of aryl methyl sites for hydroxylation is 2. The zero-order valence-corrected chi connectivity index (χ0v) is 21.0. The van der Waals surface area contributed by atoms with Gasteiger partial charge < -0.3 is 15.1 Å². The van der Waals surface area contributed by atoms with Crippen LogP contribution >= 0.6 is 11.3 Å². The molecule has 7 nitrogen and oxygen atoms in total. The highest BCUT2D eigenvalue weighted by Gasteiger charge is 2.42. The number of hydrogen-bond acceptors (Lipinski definition) is 6. The maximum atomic E-state index is 13.2. The molecule has 2 saturated heterocycles. The smallest absolute Gasteiger partial charge is 0.261 e. The average Bonchev–Trinajstić information content (AvgIpc) is 3.59. The van der Waals surface area contributed by atoms with E-state index >= 15 is 0 Å². The lowest BCUT2D eigenvalue weighted by atomic mass is 10.0. The molecule has 35 heavy (non-hydrogen) atoms. The van der Waals surface area contributed by atoms with E-state index < -0.39 is 0 Å². The van der Waals surface area contributed by atoms with E-state index in [1.807, 2.05) is 54.5 Å². The standard InChI is InChI=1S/C27H31N5O2S/c1-18-25(19(2)29-17-28-18)27(34)32-15-21-13-31(14-22(21)16-32)11-10-23(20-7-4-3-5-8-20)30-26(33)24-9-6-12-35-24/h3-9,12,17,21-23H,10-11,13-16H2,1-2H3,(H,30,33)/t21?,22?,23-/m0/s1. The third kappa shape index (κ3) is 5.13. The van der Waals surface area contributed by atoms with E-state index in [4.69, 9.17) is 0 Å². The fourth-order valence-corrected chi connectivity index (χ4v) is 6.08. The summed E-state index contributed by atoms with van der Waals surface area (Å²) in [5.74, 6) is 1.01. The van der Waals surface area contributed by atoms with Crippen LogP contribution in [-0.2, 0) is 0 Å². The molecule has 4 heterocycles. The van der Waals surface area contributed by atoms with E-state index in [1.165, 1.54) is 17.7 Å². The number of benzene rings is 1. The fourth-order valence-electron chi connectivity index (χ4n) is 5.46. The van der Waals surface area contributed by atoms with Crippen LogP contribution in [0.2, 0.25) is 0 Å². The van der Waals surface area contributed by atoms with Crippen molar-refractivity contribution in [2.24, 2.45) is 11.8 Å². The number of thiophene rings is 1. The van der Waals surface area contributed by atoms with Gasteiger partial charge in [0, 0.05) is 32.7 Å². The molecule has 3 aromatic rings. The van der Waals surface area contributed by atoms with Crippen molar-refractivity contribution in [3.05, 3.63) is 81.6 Å². The monoisotopic (exact) mass is 489 g/mol. The molecule has 0 saturated carbocycles. The number of carbonyl (C=O) groups is 2. The minimum Gasteiger partial charge on any atom is -0.344 e. The van der Waals surface area contributed by atoms with E-state index in [0.717, 1.165) is 61.0 Å². The summed E-state index contributed by atoms with van der Waals surface area (Å²) < 4.78 is 0. The van der Waals surface area contributed by atoms with Crippen molar-refractivity contribution in [1.29, 1.82) is 0 Å². The van der Waals surface area contributed by atoms with Crippen molar-refractivity contribution in [1.82, 2.24) is 25.1 Å². The summed E-state index contributed by atoms with van der Waals surface area (Å²) >= 11 is 1.46. The van der Waals surface area contributed by atoms with E-state index in [2.05, 4.69) is 32.3 Å². The number of aromatic nitrogens is 2. The van der Waals surface area contributed by atoms with Gasteiger partial charge in [0.15, 0.2) is 0 Å². The lowest BCUT2D eigenvalue weighted by molar-refractivity contribution is 0.0771. The van der Waals surface area contributed by atoms with Crippen LogP contribution in [0.3, 0.4) is 0 Å². The quantitative estimate of drug-likeness (QED) is 0.547. The Kier molecular flexibility index (Phi) is 6.92. The number of nitrogens with one attached hydrogen (secondary N) is 1. The highest BCUT2D eigenvalue weighted by atomic mass is 32.1. The predicted molar refractivity (Wildman–Crippen MR) is 136 cm³/mol. The topological polar surface area (TPSA) is 78.4 Å². The van der Waals surface area contributed by atoms with Gasteiger partial charge in [-0.25, -0.2) is 9.97 Å². The van der Waals surface area contributed by atoms with Gasteiger partial charge in [-0.05, 0) is 49.1 Å². The van der Waals surface area contributed by atoms with E-state index in [-0.39, 0.29) is 17.9 Å². The van der Waals surface area contributed by atoms with Crippen LogP contribution in [0, 0.1) is 25.7 Å². The third-order valence-corrected chi connectivity index (χ3v) is 8.14.